The molecule has 3 aromatic rings. The van der Waals surface area contributed by atoms with E-state index in [1.165, 1.54) is 21.3 Å². The molecule has 0 fully saturated rings. The maximum Gasteiger partial charge on any atom is 0.153 e. The Morgan fingerprint density at radius 1 is 0.643 bits per heavy atom. The molecule has 0 radical (unpaired) electrons. The standard InChI is InChI=1S/C20H8N8/c1-27-17(11(5-21)6-22)3-13-16(10-26)20-14(15(9-25)19(13)27)4-18(28(20)2)12(7-23)8-24/h3-4H,1-2H3. The van der Waals surface area contributed by atoms with E-state index in [2.05, 4.69) is 12.1 Å². The van der Waals surface area contributed by atoms with Crippen molar-refractivity contribution in [2.75, 3.05) is 0 Å². The highest BCUT2D eigenvalue weighted by molar-refractivity contribution is 6.08. The molecule has 8 heteroatoms. The Bertz CT molecular complexity index is 1430. The molecule has 0 amide bonds. The Balaban J connectivity index is 2.82. The predicted octanol–water partition coefficient (Wildman–Crippen LogP) is 0.809. The van der Waals surface area contributed by atoms with Gasteiger partial charge in [-0.3, -0.25) is 0 Å². The van der Waals surface area contributed by atoms with E-state index < -0.39 is 0 Å². The molecule has 0 unspecified atom stereocenters. The van der Waals surface area contributed by atoms with Gasteiger partial charge in [-0.25, -0.2) is 0 Å². The molecule has 28 heavy (non-hydrogen) atoms. The van der Waals surface area contributed by atoms with E-state index in [1.807, 2.05) is 24.3 Å². The van der Waals surface area contributed by atoms with Crippen LogP contribution < -0.4 is 10.7 Å². The second kappa shape index (κ2) is 6.37. The van der Waals surface area contributed by atoms with E-state index in [1.54, 1.807) is 14.1 Å². The largest absolute Gasteiger partial charge is 0.341 e. The van der Waals surface area contributed by atoms with Crippen LogP contribution in [0, 0.1) is 68.0 Å². The number of aryl methyl sites for hydroxylation is 2. The van der Waals surface area contributed by atoms with Crippen molar-refractivity contribution in [2.24, 2.45) is 14.1 Å². The molecular formula is C20H8N8. The number of rotatable bonds is 0. The third-order valence-corrected chi connectivity index (χ3v) is 4.66. The molecule has 0 saturated heterocycles. The molecule has 0 N–H and O–H groups in total. The van der Waals surface area contributed by atoms with Crippen LogP contribution in [0.1, 0.15) is 11.1 Å². The van der Waals surface area contributed by atoms with Gasteiger partial charge in [0.25, 0.3) is 0 Å². The zero-order chi connectivity index (χ0) is 20.6. The number of nitriles is 6. The molecule has 3 rings (SSSR count). The van der Waals surface area contributed by atoms with Crippen molar-refractivity contribution in [1.82, 2.24) is 9.13 Å². The second-order valence-electron chi connectivity index (χ2n) is 5.87. The Kier molecular flexibility index (Phi) is 4.05. The molecule has 2 heterocycles. The number of nitrogens with zero attached hydrogens (tertiary/aromatic N) is 8. The summed E-state index contributed by atoms with van der Waals surface area (Å²) in [5, 5.41) is 57.9. The van der Waals surface area contributed by atoms with Gasteiger partial charge in [0.1, 0.15) is 36.4 Å². The number of hydrogen-bond donors (Lipinski definition) is 0. The monoisotopic (exact) mass is 360 g/mol. The Labute approximate surface area is 158 Å². The minimum absolute atomic E-state index is 0.138. The maximum absolute atomic E-state index is 9.81. The van der Waals surface area contributed by atoms with Crippen molar-refractivity contribution in [1.29, 1.82) is 31.6 Å². The van der Waals surface area contributed by atoms with Crippen molar-refractivity contribution in [3.05, 3.63) is 34.0 Å². The van der Waals surface area contributed by atoms with Gasteiger partial charge in [0, 0.05) is 24.9 Å². The molecule has 0 atom stereocenters. The minimum atomic E-state index is -0.138. The second-order valence-corrected chi connectivity index (χ2v) is 5.87. The zero-order valence-corrected chi connectivity index (χ0v) is 14.7. The lowest BCUT2D eigenvalue weighted by molar-refractivity contribution is 0.924. The van der Waals surface area contributed by atoms with Crippen LogP contribution in [-0.2, 0) is 14.1 Å². The quantitative estimate of drug-likeness (QED) is 0.578. The fourth-order valence-corrected chi connectivity index (χ4v) is 3.43. The van der Waals surface area contributed by atoms with E-state index in [0.29, 0.717) is 32.5 Å². The molecule has 128 valence electrons. The van der Waals surface area contributed by atoms with E-state index in [9.17, 15) is 31.6 Å². The molecule has 1 aromatic carbocycles. The van der Waals surface area contributed by atoms with Gasteiger partial charge in [0.15, 0.2) is 11.1 Å². The third-order valence-electron chi connectivity index (χ3n) is 4.66. The molecule has 0 bridgehead atoms. The lowest BCUT2D eigenvalue weighted by Crippen LogP contribution is -2.14. The lowest BCUT2D eigenvalue weighted by Gasteiger charge is -2.06. The lowest BCUT2D eigenvalue weighted by atomic mass is 10.0. The average molecular weight is 360 g/mol. The number of benzene rings is 1. The average Bonchev–Trinajstić information content (AvgIpc) is 3.21. The summed E-state index contributed by atoms with van der Waals surface area (Å²) in [6, 6.07) is 14.6. The van der Waals surface area contributed by atoms with Crippen molar-refractivity contribution >= 4 is 33.0 Å². The first-order valence-electron chi connectivity index (χ1n) is 7.79. The van der Waals surface area contributed by atoms with Gasteiger partial charge in [-0.2, -0.15) is 31.6 Å². The summed E-state index contributed by atoms with van der Waals surface area (Å²) >= 11 is 0. The number of aromatic nitrogens is 2. The third kappa shape index (κ3) is 2.11. The zero-order valence-electron chi connectivity index (χ0n) is 14.7. The first kappa shape index (κ1) is 17.8. The first-order valence-corrected chi connectivity index (χ1v) is 7.79. The van der Waals surface area contributed by atoms with Crippen LogP contribution in [0.25, 0.3) is 33.0 Å². The van der Waals surface area contributed by atoms with Crippen LogP contribution in [0.3, 0.4) is 0 Å². The summed E-state index contributed by atoms with van der Waals surface area (Å²) in [5.41, 5.74) is 0.978. The van der Waals surface area contributed by atoms with Crippen molar-refractivity contribution < 1.29 is 0 Å². The van der Waals surface area contributed by atoms with Crippen LogP contribution in [0.4, 0.5) is 0 Å². The highest BCUT2D eigenvalue weighted by Gasteiger charge is 2.21. The number of hydrogen-bond acceptors (Lipinski definition) is 6. The van der Waals surface area contributed by atoms with Crippen molar-refractivity contribution in [3.8, 4) is 36.4 Å². The smallest absolute Gasteiger partial charge is 0.153 e. The predicted molar refractivity (Wildman–Crippen MR) is 97.3 cm³/mol. The van der Waals surface area contributed by atoms with E-state index in [4.69, 9.17) is 0 Å². The van der Waals surface area contributed by atoms with Crippen LogP contribution >= 0.6 is 0 Å². The minimum Gasteiger partial charge on any atom is -0.341 e. The fraction of sp³-hybridized carbons (Fsp3) is 0.100. The number of fused-ring (bicyclic) bond motifs is 2. The van der Waals surface area contributed by atoms with Gasteiger partial charge in [0.05, 0.1) is 32.9 Å². The van der Waals surface area contributed by atoms with Gasteiger partial charge < -0.3 is 9.13 Å². The summed E-state index contributed by atoms with van der Waals surface area (Å²) in [6.45, 7) is 0. The molecule has 0 saturated carbocycles. The molecule has 8 nitrogen and oxygen atoms in total. The van der Waals surface area contributed by atoms with Gasteiger partial charge in [-0.05, 0) is 12.1 Å². The van der Waals surface area contributed by atoms with Gasteiger partial charge in [-0.1, -0.05) is 0 Å². The Morgan fingerprint density at radius 2 is 0.964 bits per heavy atom. The van der Waals surface area contributed by atoms with Gasteiger partial charge >= 0.3 is 0 Å². The molecule has 0 aliphatic rings. The van der Waals surface area contributed by atoms with Gasteiger partial charge in [0.2, 0.25) is 0 Å². The highest BCUT2D eigenvalue weighted by atomic mass is 15.0. The summed E-state index contributed by atoms with van der Waals surface area (Å²) < 4.78 is 3.06. The van der Waals surface area contributed by atoms with Crippen LogP contribution in [0.15, 0.2) is 12.1 Å². The molecule has 0 aliphatic carbocycles. The summed E-state index contributed by atoms with van der Waals surface area (Å²) in [5.74, 6) is 0. The van der Waals surface area contributed by atoms with Crippen LogP contribution in [0.2, 0.25) is 0 Å². The summed E-state index contributed by atoms with van der Waals surface area (Å²) in [7, 11) is 3.21. The normalized spacial score (nSPS) is 9.57. The SMILES string of the molecule is Cn1c(=C(C#N)C#N)cc2c(C#N)c3c(cc(=C(C#N)C#N)n3C)c(C#N)c21. The maximum atomic E-state index is 9.81. The van der Waals surface area contributed by atoms with Crippen LogP contribution in [-0.4, -0.2) is 9.13 Å². The Hall–Kier alpha value is -5.02. The fourth-order valence-electron chi connectivity index (χ4n) is 3.43. The summed E-state index contributed by atoms with van der Waals surface area (Å²) in [4.78, 5) is 0. The van der Waals surface area contributed by atoms with Gasteiger partial charge in [-0.15, -0.1) is 0 Å². The highest BCUT2D eigenvalue weighted by Crippen LogP contribution is 2.31. The summed E-state index contributed by atoms with van der Waals surface area (Å²) in [6.07, 6.45) is 0. The first-order chi connectivity index (χ1) is 13.5. The van der Waals surface area contributed by atoms with Crippen molar-refractivity contribution in [2.45, 2.75) is 0 Å². The molecule has 0 spiro atoms. The van der Waals surface area contributed by atoms with Crippen LogP contribution in [0.5, 0.6) is 0 Å². The topological polar surface area (TPSA) is 153 Å². The van der Waals surface area contributed by atoms with Crippen molar-refractivity contribution in [3.63, 3.8) is 0 Å². The molecule has 0 aliphatic heterocycles. The molecule has 2 aromatic heterocycles. The van der Waals surface area contributed by atoms with E-state index in [0.717, 1.165) is 0 Å². The Morgan fingerprint density at radius 3 is 1.21 bits per heavy atom. The molecular weight excluding hydrogens is 352 g/mol. The van der Waals surface area contributed by atoms with E-state index >= 15 is 0 Å². The van der Waals surface area contributed by atoms with E-state index in [-0.39, 0.29) is 22.3 Å².